The second-order valence-corrected chi connectivity index (χ2v) is 10.4. The van der Waals surface area contributed by atoms with Crippen molar-refractivity contribution in [1.82, 2.24) is 14.6 Å². The number of carbonyl (C=O) groups is 1. The molecule has 1 aromatic heterocycles. The summed E-state index contributed by atoms with van der Waals surface area (Å²) in [5.41, 5.74) is -4.12. The van der Waals surface area contributed by atoms with Crippen LogP contribution in [0.5, 0.6) is 5.75 Å². The lowest BCUT2D eigenvalue weighted by atomic mass is 9.98. The zero-order valence-electron chi connectivity index (χ0n) is 20.1. The fourth-order valence-corrected chi connectivity index (χ4v) is 4.97. The van der Waals surface area contributed by atoms with Crippen molar-refractivity contribution < 1.29 is 37.4 Å². The number of H-pyrrole nitrogens is 1. The lowest BCUT2D eigenvalue weighted by molar-refractivity contribution is -0.149. The Kier molecular flexibility index (Phi) is 8.52. The van der Waals surface area contributed by atoms with Crippen LogP contribution < -0.4 is 20.9 Å². The molecule has 1 fully saturated rings. The van der Waals surface area contributed by atoms with Crippen molar-refractivity contribution in [1.29, 1.82) is 0 Å². The van der Waals surface area contributed by atoms with Crippen LogP contribution in [-0.2, 0) is 23.4 Å². The van der Waals surface area contributed by atoms with Crippen LogP contribution in [0.4, 0.5) is 4.39 Å². The summed E-state index contributed by atoms with van der Waals surface area (Å²) in [6.07, 6.45) is -4.21. The molecule has 3 N–H and O–H groups in total. The second-order valence-electron chi connectivity index (χ2n) is 8.67. The number of alkyl halides is 1. The molecule has 36 heavy (non-hydrogen) atoms. The van der Waals surface area contributed by atoms with E-state index in [9.17, 15) is 24.1 Å². The van der Waals surface area contributed by atoms with E-state index in [1.165, 1.54) is 19.1 Å². The number of para-hydroxylation sites is 1. The van der Waals surface area contributed by atoms with Crippen molar-refractivity contribution >= 4 is 13.7 Å². The van der Waals surface area contributed by atoms with E-state index in [2.05, 4.69) is 5.09 Å². The largest absolute Gasteiger partial charge is 0.462 e. The first kappa shape index (κ1) is 27.8. The molecule has 6 atom stereocenters. The molecule has 14 heteroatoms. The third kappa shape index (κ3) is 6.48. The van der Waals surface area contributed by atoms with Gasteiger partial charge in [-0.2, -0.15) is 5.09 Å². The number of hydrogen-bond donors (Lipinski definition) is 3. The van der Waals surface area contributed by atoms with Gasteiger partial charge >= 0.3 is 19.4 Å². The molecule has 1 aliphatic heterocycles. The zero-order valence-corrected chi connectivity index (χ0v) is 21.0. The average molecular weight is 529 g/mol. The van der Waals surface area contributed by atoms with E-state index in [-0.39, 0.29) is 5.75 Å². The Balaban J connectivity index is 1.80. The number of halogens is 1. The molecule has 3 rings (SSSR count). The highest BCUT2D eigenvalue weighted by molar-refractivity contribution is 7.52. The number of hydrogen-bond acceptors (Lipinski definition) is 9. The topological polar surface area (TPSA) is 158 Å². The predicted octanol–water partition coefficient (Wildman–Crippen LogP) is 1.66. The van der Waals surface area contributed by atoms with Crippen LogP contribution in [-0.4, -0.2) is 57.3 Å². The molecule has 0 saturated carbocycles. The molecular weight excluding hydrogens is 500 g/mol. The zero-order chi connectivity index (χ0) is 26.7. The molecule has 1 saturated heterocycles. The lowest BCUT2D eigenvalue weighted by Crippen LogP contribution is -2.43. The van der Waals surface area contributed by atoms with Gasteiger partial charge in [0.25, 0.3) is 5.56 Å². The Morgan fingerprint density at radius 2 is 1.94 bits per heavy atom. The fraction of sp³-hybridized carbons (Fsp3) is 0.500. The number of carbonyl (C=O) groups excluding carboxylic acids is 1. The highest BCUT2D eigenvalue weighted by atomic mass is 31.2. The molecular formula is C22H29FN3O9P. The van der Waals surface area contributed by atoms with E-state index in [4.69, 9.17) is 18.5 Å². The normalized spacial score (nSPS) is 26.4. The Bertz CT molecular complexity index is 1220. The maximum atomic E-state index is 15.4. The van der Waals surface area contributed by atoms with Crippen molar-refractivity contribution in [2.45, 2.75) is 63.9 Å². The van der Waals surface area contributed by atoms with Gasteiger partial charge in [0.1, 0.15) is 24.0 Å². The minimum Gasteiger partial charge on any atom is -0.462 e. The number of nitrogens with one attached hydrogen (secondary N) is 2. The van der Waals surface area contributed by atoms with Gasteiger partial charge in [-0.3, -0.25) is 23.7 Å². The van der Waals surface area contributed by atoms with Crippen molar-refractivity contribution in [3.05, 3.63) is 63.4 Å². The Labute approximate surface area is 205 Å². The third-order valence-electron chi connectivity index (χ3n) is 5.26. The summed E-state index contributed by atoms with van der Waals surface area (Å²) in [4.78, 5) is 37.7. The van der Waals surface area contributed by atoms with Crippen molar-refractivity contribution in [3.8, 4) is 5.75 Å². The first-order valence-corrected chi connectivity index (χ1v) is 12.7. The monoisotopic (exact) mass is 529 g/mol. The summed E-state index contributed by atoms with van der Waals surface area (Å²) in [6.45, 7) is 5.07. The summed E-state index contributed by atoms with van der Waals surface area (Å²) in [6, 6.07) is 7.86. The number of rotatable bonds is 10. The first-order valence-electron chi connectivity index (χ1n) is 11.1. The van der Waals surface area contributed by atoms with E-state index in [1.807, 2.05) is 4.98 Å². The molecule has 0 amide bonds. The highest BCUT2D eigenvalue weighted by Gasteiger charge is 2.55. The number of aromatic nitrogens is 2. The molecule has 0 aliphatic carbocycles. The summed E-state index contributed by atoms with van der Waals surface area (Å²) < 4.78 is 51.4. The molecule has 0 bridgehead atoms. The van der Waals surface area contributed by atoms with Gasteiger partial charge in [0.05, 0.1) is 12.7 Å². The highest BCUT2D eigenvalue weighted by Crippen LogP contribution is 2.47. The van der Waals surface area contributed by atoms with Crippen LogP contribution >= 0.6 is 7.75 Å². The number of esters is 1. The van der Waals surface area contributed by atoms with Crippen molar-refractivity contribution in [3.63, 3.8) is 0 Å². The number of nitrogens with zero attached hydrogens (tertiary/aromatic N) is 1. The maximum absolute atomic E-state index is 15.4. The van der Waals surface area contributed by atoms with Crippen molar-refractivity contribution in [2.75, 3.05) is 6.61 Å². The SMILES string of the molecule is CC(C)OC(=O)[C@H](C)N[P@](=O)(OC[C@@H]1O[C@H](n2ccc(=O)[nH]c2=O)[C@](C)(F)[C@@H]1O)Oc1ccccc1. The van der Waals surface area contributed by atoms with Gasteiger partial charge in [0, 0.05) is 12.3 Å². The fourth-order valence-electron chi connectivity index (χ4n) is 3.47. The standard InChI is InChI=1S/C22H29FN3O9P/c1-13(2)33-19(29)14(3)25-36(31,35-15-8-6-5-7-9-15)32-12-16-18(28)22(4,23)20(34-16)26-11-10-17(27)24-21(26)30/h5-11,13-14,16,18,20,28H,12H2,1-4H3,(H,25,31)(H,24,27,30)/t14-,16-,18+,20-,22+,36-/m0/s1. The van der Waals surface area contributed by atoms with Gasteiger partial charge in [-0.1, -0.05) is 18.2 Å². The summed E-state index contributed by atoms with van der Waals surface area (Å²) in [5, 5.41) is 13.0. The van der Waals surface area contributed by atoms with Gasteiger partial charge in [0.15, 0.2) is 11.9 Å². The average Bonchev–Trinajstić information content (AvgIpc) is 3.01. The third-order valence-corrected chi connectivity index (χ3v) is 6.90. The second kappa shape index (κ2) is 11.1. The molecule has 0 radical (unpaired) electrons. The maximum Gasteiger partial charge on any atom is 0.459 e. The van der Waals surface area contributed by atoms with Crippen molar-refractivity contribution in [2.24, 2.45) is 0 Å². The Morgan fingerprint density at radius 3 is 2.56 bits per heavy atom. The van der Waals surface area contributed by atoms with Crippen LogP contribution in [0, 0.1) is 0 Å². The van der Waals surface area contributed by atoms with Gasteiger partial charge in [-0.25, -0.2) is 13.8 Å². The number of ether oxygens (including phenoxy) is 2. The molecule has 0 unspecified atom stereocenters. The number of benzene rings is 1. The summed E-state index contributed by atoms with van der Waals surface area (Å²) in [5.74, 6) is -0.560. The van der Waals surface area contributed by atoms with E-state index >= 15 is 4.39 Å². The molecule has 12 nitrogen and oxygen atoms in total. The van der Waals surface area contributed by atoms with Crippen LogP contribution in [0.1, 0.15) is 33.9 Å². The molecule has 0 spiro atoms. The minimum atomic E-state index is -4.30. The van der Waals surface area contributed by atoms with Crippen LogP contribution in [0.3, 0.4) is 0 Å². The molecule has 2 aromatic rings. The first-order chi connectivity index (χ1) is 16.8. The smallest absolute Gasteiger partial charge is 0.459 e. The van der Waals surface area contributed by atoms with Gasteiger partial charge in [-0.05, 0) is 39.8 Å². The molecule has 1 aromatic carbocycles. The number of aromatic amines is 1. The van der Waals surface area contributed by atoms with E-state index < -0.39 is 67.8 Å². The lowest BCUT2D eigenvalue weighted by Gasteiger charge is -2.25. The van der Waals surface area contributed by atoms with Crippen LogP contribution in [0.25, 0.3) is 0 Å². The molecule has 1 aliphatic rings. The van der Waals surface area contributed by atoms with Gasteiger partial charge in [0.2, 0.25) is 0 Å². The quantitative estimate of drug-likeness (QED) is 0.305. The van der Waals surface area contributed by atoms with Crippen LogP contribution in [0.2, 0.25) is 0 Å². The Hall–Kier alpha value is -2.83. The van der Waals surface area contributed by atoms with Gasteiger partial charge in [-0.15, -0.1) is 0 Å². The van der Waals surface area contributed by atoms with Gasteiger partial charge < -0.3 is 19.1 Å². The summed E-state index contributed by atoms with van der Waals surface area (Å²) >= 11 is 0. The van der Waals surface area contributed by atoms with E-state index in [0.29, 0.717) is 0 Å². The minimum absolute atomic E-state index is 0.152. The van der Waals surface area contributed by atoms with Crippen LogP contribution in [0.15, 0.2) is 52.2 Å². The Morgan fingerprint density at radius 1 is 1.28 bits per heavy atom. The molecule has 2 heterocycles. The molecule has 198 valence electrons. The number of aliphatic hydroxyl groups excluding tert-OH is 1. The van der Waals surface area contributed by atoms with E-state index in [0.717, 1.165) is 23.8 Å². The number of aliphatic hydroxyl groups is 1. The summed E-state index contributed by atoms with van der Waals surface area (Å²) in [7, 11) is -4.30. The predicted molar refractivity (Wildman–Crippen MR) is 125 cm³/mol. The van der Waals surface area contributed by atoms with E-state index in [1.54, 1.807) is 32.0 Å².